The molecule has 1 aliphatic rings. The molecular weight excluding hydrogens is 458 g/mol. The van der Waals surface area contributed by atoms with Crippen LogP contribution in [0.2, 0.25) is 0 Å². The number of carbonyl (C=O) groups excluding carboxylic acids is 1. The number of likely N-dealkylation sites (N-methyl/N-ethyl adjacent to an activating group) is 1. The van der Waals surface area contributed by atoms with Crippen LogP contribution in [0.4, 0.5) is 5.69 Å². The third kappa shape index (κ3) is 6.43. The van der Waals surface area contributed by atoms with Gasteiger partial charge in [-0.1, -0.05) is 30.3 Å². The van der Waals surface area contributed by atoms with Gasteiger partial charge < -0.3 is 20.4 Å². The van der Waals surface area contributed by atoms with Gasteiger partial charge in [0, 0.05) is 32.2 Å². The Labute approximate surface area is 212 Å². The molecule has 8 nitrogen and oxygen atoms in total. The zero-order valence-corrected chi connectivity index (χ0v) is 21.2. The highest BCUT2D eigenvalue weighted by Gasteiger charge is 2.27. The van der Waals surface area contributed by atoms with E-state index < -0.39 is 0 Å². The minimum Gasteiger partial charge on any atom is -0.363 e. The standard InChI is InChI=1S/C26H33N7OS/c1-3-28-26(35)30-24-17-22(33-19-27-18-29-33)9-10-23(24)25(34)32-15-12-21(13-16-32)31(2)14-11-20-7-5-4-6-8-20/h4-10,17-19,21H,3,11-16H2,1-2H3,(H2,28,30,35). The fourth-order valence-electron chi connectivity index (χ4n) is 4.45. The Morgan fingerprint density at radius 2 is 1.94 bits per heavy atom. The quantitative estimate of drug-likeness (QED) is 0.468. The summed E-state index contributed by atoms with van der Waals surface area (Å²) in [7, 11) is 2.19. The minimum atomic E-state index is 0.0160. The topological polar surface area (TPSA) is 78.3 Å². The summed E-state index contributed by atoms with van der Waals surface area (Å²) in [5.74, 6) is 0.0160. The fraction of sp³-hybridized carbons (Fsp3) is 0.385. The van der Waals surface area contributed by atoms with Crippen molar-refractivity contribution in [3.63, 3.8) is 0 Å². The van der Waals surface area contributed by atoms with Gasteiger partial charge in [0.2, 0.25) is 0 Å². The van der Waals surface area contributed by atoms with E-state index >= 15 is 0 Å². The summed E-state index contributed by atoms with van der Waals surface area (Å²) in [5.41, 5.74) is 3.43. The first-order valence-corrected chi connectivity index (χ1v) is 12.5. The molecule has 0 unspecified atom stereocenters. The smallest absolute Gasteiger partial charge is 0.255 e. The van der Waals surface area contributed by atoms with E-state index in [1.54, 1.807) is 11.0 Å². The van der Waals surface area contributed by atoms with Crippen molar-refractivity contribution in [1.82, 2.24) is 29.9 Å². The van der Waals surface area contributed by atoms with E-state index in [1.807, 2.05) is 30.0 Å². The average molecular weight is 492 g/mol. The van der Waals surface area contributed by atoms with E-state index in [9.17, 15) is 4.79 Å². The van der Waals surface area contributed by atoms with Crippen LogP contribution in [0.1, 0.15) is 35.7 Å². The molecule has 184 valence electrons. The molecule has 0 saturated carbocycles. The molecule has 1 saturated heterocycles. The first-order chi connectivity index (χ1) is 17.0. The molecule has 35 heavy (non-hydrogen) atoms. The monoisotopic (exact) mass is 491 g/mol. The van der Waals surface area contributed by atoms with Gasteiger partial charge in [-0.3, -0.25) is 4.79 Å². The first-order valence-electron chi connectivity index (χ1n) is 12.1. The largest absolute Gasteiger partial charge is 0.363 e. The molecule has 0 radical (unpaired) electrons. The molecule has 3 aromatic rings. The van der Waals surface area contributed by atoms with Crippen LogP contribution in [0.5, 0.6) is 0 Å². The maximum Gasteiger partial charge on any atom is 0.255 e. The molecule has 2 heterocycles. The molecular formula is C26H33N7OS. The fourth-order valence-corrected chi connectivity index (χ4v) is 4.70. The van der Waals surface area contributed by atoms with Crippen LogP contribution in [0, 0.1) is 0 Å². The number of nitrogens with one attached hydrogen (secondary N) is 2. The van der Waals surface area contributed by atoms with Crippen molar-refractivity contribution in [1.29, 1.82) is 0 Å². The summed E-state index contributed by atoms with van der Waals surface area (Å²) in [5, 5.41) is 11.0. The highest BCUT2D eigenvalue weighted by atomic mass is 32.1. The molecule has 1 aliphatic heterocycles. The van der Waals surface area contributed by atoms with Crippen molar-refractivity contribution >= 4 is 28.9 Å². The first kappa shape index (κ1) is 24.8. The molecule has 0 atom stereocenters. The molecule has 0 aliphatic carbocycles. The van der Waals surface area contributed by atoms with Crippen LogP contribution in [-0.2, 0) is 6.42 Å². The molecule has 0 bridgehead atoms. The zero-order valence-electron chi connectivity index (χ0n) is 20.4. The van der Waals surface area contributed by atoms with Gasteiger partial charge in [-0.05, 0) is 69.2 Å². The summed E-state index contributed by atoms with van der Waals surface area (Å²) in [6.07, 6.45) is 6.08. The zero-order chi connectivity index (χ0) is 24.6. The van der Waals surface area contributed by atoms with Gasteiger partial charge in [0.1, 0.15) is 12.7 Å². The van der Waals surface area contributed by atoms with Crippen molar-refractivity contribution in [2.24, 2.45) is 0 Å². The Morgan fingerprint density at radius 3 is 2.63 bits per heavy atom. The minimum absolute atomic E-state index is 0.0160. The van der Waals surface area contributed by atoms with Crippen LogP contribution in [0.25, 0.3) is 5.69 Å². The number of amides is 1. The van der Waals surface area contributed by atoms with E-state index in [0.29, 0.717) is 28.9 Å². The van der Waals surface area contributed by atoms with Gasteiger partial charge in [0.15, 0.2) is 5.11 Å². The number of carbonyl (C=O) groups is 1. The molecule has 1 amide bonds. The Kier molecular flexibility index (Phi) is 8.44. The number of likely N-dealkylation sites (tertiary alicyclic amines) is 1. The normalized spacial score (nSPS) is 14.2. The van der Waals surface area contributed by atoms with Crippen molar-refractivity contribution in [2.75, 3.05) is 38.5 Å². The maximum absolute atomic E-state index is 13.5. The van der Waals surface area contributed by atoms with E-state index in [-0.39, 0.29) is 5.91 Å². The number of hydrogen-bond acceptors (Lipinski definition) is 5. The van der Waals surface area contributed by atoms with E-state index in [2.05, 4.69) is 63.0 Å². The van der Waals surface area contributed by atoms with Crippen LogP contribution >= 0.6 is 12.2 Å². The summed E-state index contributed by atoms with van der Waals surface area (Å²) in [4.78, 5) is 21.9. The lowest BCUT2D eigenvalue weighted by molar-refractivity contribution is 0.0648. The van der Waals surface area contributed by atoms with E-state index in [4.69, 9.17) is 12.2 Å². The Bertz CT molecular complexity index is 1110. The predicted molar refractivity (Wildman–Crippen MR) is 143 cm³/mol. The lowest BCUT2D eigenvalue weighted by Crippen LogP contribution is -2.46. The second-order valence-electron chi connectivity index (χ2n) is 8.79. The highest BCUT2D eigenvalue weighted by molar-refractivity contribution is 7.80. The van der Waals surface area contributed by atoms with Crippen molar-refractivity contribution < 1.29 is 4.79 Å². The molecule has 2 aromatic carbocycles. The number of nitrogens with zero attached hydrogens (tertiary/aromatic N) is 5. The maximum atomic E-state index is 13.5. The van der Waals surface area contributed by atoms with Gasteiger partial charge >= 0.3 is 0 Å². The van der Waals surface area contributed by atoms with E-state index in [0.717, 1.165) is 44.6 Å². The third-order valence-corrected chi connectivity index (χ3v) is 6.72. The SMILES string of the molecule is CCNC(=S)Nc1cc(-n2cncn2)ccc1C(=O)N1CCC(N(C)CCc2ccccc2)CC1. The molecule has 4 rings (SSSR count). The van der Waals surface area contributed by atoms with Crippen LogP contribution in [0.15, 0.2) is 61.2 Å². The lowest BCUT2D eigenvalue weighted by Gasteiger charge is -2.37. The van der Waals surface area contributed by atoms with Crippen LogP contribution in [0.3, 0.4) is 0 Å². The Morgan fingerprint density at radius 1 is 1.17 bits per heavy atom. The number of anilines is 1. The molecule has 1 fully saturated rings. The lowest BCUT2D eigenvalue weighted by atomic mass is 10.0. The second-order valence-corrected chi connectivity index (χ2v) is 9.20. The number of hydrogen-bond donors (Lipinski definition) is 2. The van der Waals surface area contributed by atoms with Crippen molar-refractivity contribution in [2.45, 2.75) is 32.2 Å². The van der Waals surface area contributed by atoms with Gasteiger partial charge in [0.05, 0.1) is 16.9 Å². The molecule has 9 heteroatoms. The van der Waals surface area contributed by atoms with E-state index in [1.165, 1.54) is 11.9 Å². The number of rotatable bonds is 8. The van der Waals surface area contributed by atoms with Gasteiger partial charge in [-0.2, -0.15) is 5.10 Å². The summed E-state index contributed by atoms with van der Waals surface area (Å²) in [6.45, 7) is 5.17. The van der Waals surface area contributed by atoms with Crippen LogP contribution in [-0.4, -0.2) is 74.9 Å². The highest BCUT2D eigenvalue weighted by Crippen LogP contribution is 2.24. The van der Waals surface area contributed by atoms with Crippen molar-refractivity contribution in [3.05, 3.63) is 72.3 Å². The average Bonchev–Trinajstić information content (AvgIpc) is 3.43. The summed E-state index contributed by atoms with van der Waals surface area (Å²) in [6, 6.07) is 16.7. The number of thiocarbonyl (C=S) groups is 1. The molecule has 2 N–H and O–H groups in total. The van der Waals surface area contributed by atoms with Crippen molar-refractivity contribution in [3.8, 4) is 5.69 Å². The van der Waals surface area contributed by atoms with Gasteiger partial charge in [-0.15, -0.1) is 0 Å². The number of aromatic nitrogens is 3. The third-order valence-electron chi connectivity index (χ3n) is 6.47. The Hall–Kier alpha value is -3.30. The number of piperidine rings is 1. The molecule has 1 aromatic heterocycles. The van der Waals surface area contributed by atoms with Crippen LogP contribution < -0.4 is 10.6 Å². The Balaban J connectivity index is 1.40. The van der Waals surface area contributed by atoms with Gasteiger partial charge in [0.25, 0.3) is 5.91 Å². The van der Waals surface area contributed by atoms with Gasteiger partial charge in [-0.25, -0.2) is 9.67 Å². The molecule has 0 spiro atoms. The summed E-state index contributed by atoms with van der Waals surface area (Å²) >= 11 is 5.40. The number of benzene rings is 2. The predicted octanol–water partition coefficient (Wildman–Crippen LogP) is 3.35. The second kappa shape index (κ2) is 11.9. The summed E-state index contributed by atoms with van der Waals surface area (Å²) < 4.78 is 1.66.